The zero-order chi connectivity index (χ0) is 7.33. The van der Waals surface area contributed by atoms with Gasteiger partial charge in [0.15, 0.2) is 0 Å². The van der Waals surface area contributed by atoms with Gasteiger partial charge < -0.3 is 18.1 Å². The van der Waals surface area contributed by atoms with Crippen LogP contribution in [-0.4, -0.2) is 5.54 Å². The first kappa shape index (κ1) is 12.4. The second-order valence-corrected chi connectivity index (χ2v) is 2.80. The summed E-state index contributed by atoms with van der Waals surface area (Å²) in [5.41, 5.74) is 4.12. The molecule has 0 bridgehead atoms. The summed E-state index contributed by atoms with van der Waals surface area (Å²) in [5, 5.41) is 0. The Labute approximate surface area is 69.4 Å². The predicted molar refractivity (Wildman–Crippen MR) is 40.9 cm³/mol. The minimum absolute atomic E-state index is 0. The van der Waals surface area contributed by atoms with Gasteiger partial charge in [0.2, 0.25) is 0 Å². The highest BCUT2D eigenvalue weighted by Gasteiger charge is 2.17. The second-order valence-electron chi connectivity index (χ2n) is 2.80. The lowest BCUT2D eigenvalue weighted by Gasteiger charge is -2.15. The first-order valence-corrected chi connectivity index (χ1v) is 3.19. The van der Waals surface area contributed by atoms with Crippen molar-refractivity contribution in [2.75, 3.05) is 0 Å². The molecule has 0 heterocycles. The summed E-state index contributed by atoms with van der Waals surface area (Å²) in [6, 6.07) is 0. The van der Waals surface area contributed by atoms with Crippen LogP contribution in [0.2, 0.25) is 0 Å². The van der Waals surface area contributed by atoms with E-state index in [4.69, 9.17) is 0 Å². The summed E-state index contributed by atoms with van der Waals surface area (Å²) < 4.78 is 0. The number of hydrogen-bond acceptors (Lipinski definition) is 0. The standard InChI is InChI=1S/C8H15N.ClH/c1-4-6-8(3,9)7-5-2;/h4-5H,1-2,6-7,9H2,3H3;1H. The van der Waals surface area contributed by atoms with E-state index in [9.17, 15) is 0 Å². The largest absolute Gasteiger partial charge is 1.00 e. The third kappa shape index (κ3) is 5.86. The van der Waals surface area contributed by atoms with E-state index in [1.54, 1.807) is 0 Å². The third-order valence-electron chi connectivity index (χ3n) is 1.27. The lowest BCUT2D eigenvalue weighted by molar-refractivity contribution is -0.469. The number of rotatable bonds is 4. The molecule has 0 spiro atoms. The average Bonchev–Trinajstić information content (AvgIpc) is 1.64. The van der Waals surface area contributed by atoms with Gasteiger partial charge in [0.1, 0.15) is 0 Å². The number of quaternary nitrogens is 1. The fourth-order valence-corrected chi connectivity index (χ4v) is 0.780. The monoisotopic (exact) mass is 161 g/mol. The molecule has 1 nitrogen and oxygen atoms in total. The molecule has 0 unspecified atom stereocenters. The van der Waals surface area contributed by atoms with Crippen LogP contribution < -0.4 is 18.1 Å². The lowest BCUT2D eigenvalue weighted by Crippen LogP contribution is -3.00. The van der Waals surface area contributed by atoms with E-state index in [2.05, 4.69) is 25.8 Å². The van der Waals surface area contributed by atoms with Crippen molar-refractivity contribution < 1.29 is 18.1 Å². The molecule has 10 heavy (non-hydrogen) atoms. The van der Waals surface area contributed by atoms with E-state index < -0.39 is 0 Å². The van der Waals surface area contributed by atoms with Crippen LogP contribution in [0.5, 0.6) is 0 Å². The highest BCUT2D eigenvalue weighted by atomic mass is 35.5. The highest BCUT2D eigenvalue weighted by Crippen LogP contribution is 2.08. The molecular weight excluding hydrogens is 146 g/mol. The molecule has 0 aliphatic carbocycles. The third-order valence-corrected chi connectivity index (χ3v) is 1.27. The summed E-state index contributed by atoms with van der Waals surface area (Å²) in [7, 11) is 0. The van der Waals surface area contributed by atoms with Gasteiger partial charge in [0.25, 0.3) is 0 Å². The Morgan fingerprint density at radius 1 is 1.30 bits per heavy atom. The van der Waals surface area contributed by atoms with Gasteiger partial charge in [-0.15, -0.1) is 13.2 Å². The molecule has 0 rings (SSSR count). The van der Waals surface area contributed by atoms with Crippen LogP contribution in [0.3, 0.4) is 0 Å². The summed E-state index contributed by atoms with van der Waals surface area (Å²) in [5.74, 6) is 0. The first-order valence-electron chi connectivity index (χ1n) is 3.19. The van der Waals surface area contributed by atoms with E-state index >= 15 is 0 Å². The van der Waals surface area contributed by atoms with Crippen molar-refractivity contribution in [1.29, 1.82) is 0 Å². The van der Waals surface area contributed by atoms with Crippen LogP contribution in [0.4, 0.5) is 0 Å². The van der Waals surface area contributed by atoms with Crippen molar-refractivity contribution in [2.24, 2.45) is 0 Å². The van der Waals surface area contributed by atoms with Gasteiger partial charge in [-0.3, -0.25) is 0 Å². The molecule has 60 valence electrons. The molecule has 0 amide bonds. The molecule has 0 aliphatic heterocycles. The predicted octanol–water partition coefficient (Wildman–Crippen LogP) is -1.86. The average molecular weight is 162 g/mol. The summed E-state index contributed by atoms with van der Waals surface area (Å²) >= 11 is 0. The van der Waals surface area contributed by atoms with Crippen molar-refractivity contribution >= 4 is 0 Å². The van der Waals surface area contributed by atoms with Crippen LogP contribution in [0, 0.1) is 0 Å². The Hall–Kier alpha value is -0.270. The second kappa shape index (κ2) is 5.51. The smallest absolute Gasteiger partial charge is 0.0986 e. The Kier molecular flexibility index (Phi) is 6.84. The molecule has 0 aromatic carbocycles. The van der Waals surface area contributed by atoms with Gasteiger partial charge >= 0.3 is 0 Å². The highest BCUT2D eigenvalue weighted by molar-refractivity contribution is 4.87. The molecule has 0 aliphatic rings. The molecular formula is C8H16ClN. The van der Waals surface area contributed by atoms with Gasteiger partial charge in [0, 0.05) is 12.8 Å². The molecule has 0 aromatic heterocycles. The van der Waals surface area contributed by atoms with Crippen LogP contribution in [0.1, 0.15) is 19.8 Å². The number of halogens is 1. The van der Waals surface area contributed by atoms with Crippen molar-refractivity contribution in [3.05, 3.63) is 25.3 Å². The summed E-state index contributed by atoms with van der Waals surface area (Å²) in [4.78, 5) is 0. The molecule has 0 radical (unpaired) electrons. The maximum atomic E-state index is 4.01. The van der Waals surface area contributed by atoms with Crippen molar-refractivity contribution in [3.63, 3.8) is 0 Å². The van der Waals surface area contributed by atoms with Gasteiger partial charge in [-0.25, -0.2) is 0 Å². The zero-order valence-electron chi connectivity index (χ0n) is 6.57. The maximum Gasteiger partial charge on any atom is 0.0986 e. The van der Waals surface area contributed by atoms with Crippen LogP contribution in [-0.2, 0) is 0 Å². The van der Waals surface area contributed by atoms with Gasteiger partial charge in [-0.2, -0.15) is 0 Å². The lowest BCUT2D eigenvalue weighted by atomic mass is 9.95. The minimum Gasteiger partial charge on any atom is -1.00 e. The van der Waals surface area contributed by atoms with Gasteiger partial charge in [-0.1, -0.05) is 12.2 Å². The Bertz CT molecular complexity index is 95.8. The van der Waals surface area contributed by atoms with Gasteiger partial charge in [0.05, 0.1) is 5.54 Å². The molecule has 0 atom stereocenters. The first-order chi connectivity index (χ1) is 4.12. The van der Waals surface area contributed by atoms with Crippen LogP contribution in [0.25, 0.3) is 0 Å². The Morgan fingerprint density at radius 3 is 1.80 bits per heavy atom. The van der Waals surface area contributed by atoms with E-state index in [1.807, 2.05) is 12.2 Å². The summed E-state index contributed by atoms with van der Waals surface area (Å²) in [6.45, 7) is 9.42. The molecule has 2 heteroatoms. The fraction of sp³-hybridized carbons (Fsp3) is 0.500. The Balaban J connectivity index is 0. The summed E-state index contributed by atoms with van der Waals surface area (Å²) in [6.07, 6.45) is 5.71. The SMILES string of the molecule is C=CCC(C)([NH3+])CC=C.[Cl-]. The van der Waals surface area contributed by atoms with E-state index in [0.717, 1.165) is 12.8 Å². The molecule has 0 saturated heterocycles. The van der Waals surface area contributed by atoms with E-state index in [-0.39, 0.29) is 17.9 Å². The fourth-order valence-electron chi connectivity index (χ4n) is 0.780. The minimum atomic E-state index is 0. The molecule has 3 N–H and O–H groups in total. The normalized spacial score (nSPS) is 9.80. The zero-order valence-corrected chi connectivity index (χ0v) is 7.32. The van der Waals surface area contributed by atoms with Crippen molar-refractivity contribution in [3.8, 4) is 0 Å². The van der Waals surface area contributed by atoms with Crippen LogP contribution in [0.15, 0.2) is 25.3 Å². The number of hydrogen-bond donors (Lipinski definition) is 1. The van der Waals surface area contributed by atoms with E-state index in [0.29, 0.717) is 0 Å². The van der Waals surface area contributed by atoms with Crippen molar-refractivity contribution in [2.45, 2.75) is 25.3 Å². The van der Waals surface area contributed by atoms with Crippen LogP contribution >= 0.6 is 0 Å². The quantitative estimate of drug-likeness (QED) is 0.469. The molecule has 0 fully saturated rings. The maximum absolute atomic E-state index is 4.01. The van der Waals surface area contributed by atoms with Crippen molar-refractivity contribution in [1.82, 2.24) is 0 Å². The van der Waals surface area contributed by atoms with Gasteiger partial charge in [-0.05, 0) is 6.92 Å². The van der Waals surface area contributed by atoms with E-state index in [1.165, 1.54) is 0 Å². The Morgan fingerprint density at radius 2 is 1.60 bits per heavy atom. The topological polar surface area (TPSA) is 27.6 Å². The molecule has 0 saturated carbocycles. The molecule has 0 aromatic rings.